The number of benzene rings is 2. The molecule has 0 radical (unpaired) electrons. The smallest absolute Gasteiger partial charge is 0.0519 e. The quantitative estimate of drug-likeness (QED) is 0.238. The zero-order valence-corrected chi connectivity index (χ0v) is 20.5. The third kappa shape index (κ3) is 3.67. The van der Waals surface area contributed by atoms with Gasteiger partial charge in [-0.05, 0) is 59.1 Å². The summed E-state index contributed by atoms with van der Waals surface area (Å²) in [6, 6.07) is 11.3. The summed E-state index contributed by atoms with van der Waals surface area (Å²) in [4.78, 5) is 0. The maximum Gasteiger partial charge on any atom is 0.0519 e. The zero-order chi connectivity index (χ0) is 26.2. The van der Waals surface area contributed by atoms with Gasteiger partial charge in [-0.25, -0.2) is 0 Å². The van der Waals surface area contributed by atoms with E-state index in [2.05, 4.69) is 0 Å². The molecule has 2 aromatic rings. The van der Waals surface area contributed by atoms with Crippen LogP contribution in [0.25, 0.3) is 11.1 Å². The highest BCUT2D eigenvalue weighted by molar-refractivity contribution is 5.78. The lowest BCUT2D eigenvalue weighted by atomic mass is 9.54. The number of rotatable bonds is 8. The van der Waals surface area contributed by atoms with Crippen LogP contribution in [0.1, 0.15) is 22.3 Å². The maximum atomic E-state index is 10.6. The molecule has 36 heavy (non-hydrogen) atoms. The fourth-order valence-electron chi connectivity index (χ4n) is 6.74. The second-order valence-corrected chi connectivity index (χ2v) is 11.0. The van der Waals surface area contributed by atoms with Gasteiger partial charge in [-0.1, -0.05) is 36.4 Å². The molecule has 2 aliphatic rings. The topological polar surface area (TPSA) is 162 Å². The summed E-state index contributed by atoms with van der Waals surface area (Å²) >= 11 is 0. The van der Waals surface area contributed by atoms with E-state index < -0.39 is 74.5 Å². The van der Waals surface area contributed by atoms with Gasteiger partial charge in [0.25, 0.3) is 0 Å². The Morgan fingerprint density at radius 2 is 0.583 bits per heavy atom. The highest BCUT2D eigenvalue weighted by Gasteiger charge is 2.55. The first kappa shape index (κ1) is 27.2. The minimum atomic E-state index is -1.22. The van der Waals surface area contributed by atoms with E-state index in [1.807, 2.05) is 36.4 Å². The van der Waals surface area contributed by atoms with Gasteiger partial charge in [0.05, 0.1) is 52.9 Å². The van der Waals surface area contributed by atoms with Crippen molar-refractivity contribution in [1.29, 1.82) is 0 Å². The van der Waals surface area contributed by atoms with Crippen molar-refractivity contribution in [2.24, 2.45) is 21.7 Å². The molecule has 0 aliphatic heterocycles. The number of aliphatic hydroxyl groups excluding tert-OH is 8. The van der Waals surface area contributed by atoms with Crippen LogP contribution in [-0.4, -0.2) is 93.7 Å². The van der Waals surface area contributed by atoms with E-state index in [4.69, 9.17) is 0 Å². The van der Waals surface area contributed by atoms with Crippen molar-refractivity contribution in [2.45, 2.75) is 25.7 Å². The Balaban J connectivity index is 2.11. The van der Waals surface area contributed by atoms with Crippen LogP contribution < -0.4 is 0 Å². The second-order valence-electron chi connectivity index (χ2n) is 11.0. The molecular formula is C28H38O8. The molecule has 0 spiro atoms. The summed E-state index contributed by atoms with van der Waals surface area (Å²) < 4.78 is 0. The van der Waals surface area contributed by atoms with Crippen molar-refractivity contribution in [3.63, 3.8) is 0 Å². The van der Waals surface area contributed by atoms with Gasteiger partial charge in [-0.3, -0.25) is 0 Å². The van der Waals surface area contributed by atoms with Crippen LogP contribution in [-0.2, 0) is 25.7 Å². The fourth-order valence-corrected chi connectivity index (χ4v) is 6.74. The fraction of sp³-hybridized carbons (Fsp3) is 0.571. The minimum absolute atomic E-state index is 0.189. The standard InChI is InChI=1S/C28H38O8/c29-11-25(12-30)7-19-3-1-4-20-8-26(13-31,14-32)28(17-35,18-36)10-22-6-2-5-21(24(22)23(19)20)9-27(25,15-33)16-34/h1-6,29-36H,7-18H2. The van der Waals surface area contributed by atoms with E-state index in [1.54, 1.807) is 0 Å². The molecule has 0 fully saturated rings. The number of hydrogen-bond donors (Lipinski definition) is 8. The molecule has 0 atom stereocenters. The Kier molecular flexibility index (Phi) is 7.63. The molecule has 0 aromatic heterocycles. The van der Waals surface area contributed by atoms with E-state index in [0.717, 1.165) is 33.4 Å². The predicted molar refractivity (Wildman–Crippen MR) is 133 cm³/mol. The molecule has 0 unspecified atom stereocenters. The monoisotopic (exact) mass is 502 g/mol. The molecule has 0 amide bonds. The summed E-state index contributed by atoms with van der Waals surface area (Å²) in [5.74, 6) is 0. The number of hydrogen-bond acceptors (Lipinski definition) is 8. The van der Waals surface area contributed by atoms with Crippen molar-refractivity contribution >= 4 is 0 Å². The van der Waals surface area contributed by atoms with Crippen LogP contribution in [0.5, 0.6) is 0 Å². The molecule has 0 saturated carbocycles. The van der Waals surface area contributed by atoms with Gasteiger partial charge in [0.15, 0.2) is 0 Å². The van der Waals surface area contributed by atoms with Gasteiger partial charge < -0.3 is 40.9 Å². The average molecular weight is 503 g/mol. The molecule has 0 bridgehead atoms. The molecule has 8 heteroatoms. The van der Waals surface area contributed by atoms with Crippen molar-refractivity contribution in [2.75, 3.05) is 52.9 Å². The van der Waals surface area contributed by atoms with E-state index >= 15 is 0 Å². The summed E-state index contributed by atoms with van der Waals surface area (Å²) in [5.41, 5.74) is 0.102. The molecule has 2 aliphatic carbocycles. The van der Waals surface area contributed by atoms with Gasteiger partial charge in [0.1, 0.15) is 0 Å². The summed E-state index contributed by atoms with van der Waals surface area (Å²) in [6.07, 6.45) is 0.756. The van der Waals surface area contributed by atoms with Crippen molar-refractivity contribution in [1.82, 2.24) is 0 Å². The molecule has 198 valence electrons. The largest absolute Gasteiger partial charge is 0.396 e. The average Bonchev–Trinajstić information content (AvgIpc) is 2.91. The van der Waals surface area contributed by atoms with Crippen LogP contribution in [0, 0.1) is 21.7 Å². The summed E-state index contributed by atoms with van der Waals surface area (Å²) in [6.45, 7) is -3.57. The lowest BCUT2D eigenvalue weighted by Gasteiger charge is -2.51. The Hall–Kier alpha value is -1.88. The predicted octanol–water partition coefficient (Wildman–Crippen LogP) is -0.565. The normalized spacial score (nSPS) is 21.0. The van der Waals surface area contributed by atoms with Crippen LogP contribution >= 0.6 is 0 Å². The minimum Gasteiger partial charge on any atom is -0.396 e. The third-order valence-electron chi connectivity index (χ3n) is 9.51. The number of aliphatic hydroxyl groups is 8. The second kappa shape index (κ2) is 10.1. The molecular weight excluding hydrogens is 464 g/mol. The summed E-state index contributed by atoms with van der Waals surface area (Å²) in [7, 11) is 0. The van der Waals surface area contributed by atoms with Gasteiger partial charge in [-0.15, -0.1) is 0 Å². The molecule has 4 rings (SSSR count). The highest BCUT2D eigenvalue weighted by Crippen LogP contribution is 2.54. The first-order valence-corrected chi connectivity index (χ1v) is 12.4. The lowest BCUT2D eigenvalue weighted by Crippen LogP contribution is -2.56. The van der Waals surface area contributed by atoms with E-state index in [-0.39, 0.29) is 25.7 Å². The maximum absolute atomic E-state index is 10.6. The Morgan fingerprint density at radius 1 is 0.389 bits per heavy atom. The first-order valence-electron chi connectivity index (χ1n) is 12.4. The molecule has 8 N–H and O–H groups in total. The van der Waals surface area contributed by atoms with Gasteiger partial charge >= 0.3 is 0 Å². The van der Waals surface area contributed by atoms with Gasteiger partial charge in [0.2, 0.25) is 0 Å². The highest BCUT2D eigenvalue weighted by atomic mass is 16.3. The van der Waals surface area contributed by atoms with Crippen molar-refractivity contribution < 1.29 is 40.9 Å². The first-order chi connectivity index (χ1) is 17.3. The van der Waals surface area contributed by atoms with E-state index in [0.29, 0.717) is 0 Å². The third-order valence-corrected chi connectivity index (χ3v) is 9.51. The van der Waals surface area contributed by atoms with Crippen molar-refractivity contribution in [3.05, 3.63) is 58.7 Å². The van der Waals surface area contributed by atoms with Crippen LogP contribution in [0.15, 0.2) is 36.4 Å². The van der Waals surface area contributed by atoms with E-state index in [1.165, 1.54) is 0 Å². The Bertz CT molecular complexity index is 903. The van der Waals surface area contributed by atoms with E-state index in [9.17, 15) is 40.9 Å². The van der Waals surface area contributed by atoms with Gasteiger partial charge in [-0.2, -0.15) is 0 Å². The molecule has 0 saturated heterocycles. The Morgan fingerprint density at radius 3 is 0.750 bits per heavy atom. The van der Waals surface area contributed by atoms with Crippen LogP contribution in [0.3, 0.4) is 0 Å². The zero-order valence-electron chi connectivity index (χ0n) is 20.5. The Labute approximate surface area is 211 Å². The van der Waals surface area contributed by atoms with Crippen molar-refractivity contribution in [3.8, 4) is 11.1 Å². The molecule has 0 heterocycles. The van der Waals surface area contributed by atoms with Crippen LogP contribution in [0.2, 0.25) is 0 Å². The molecule has 2 aromatic carbocycles. The van der Waals surface area contributed by atoms with Gasteiger partial charge in [0, 0.05) is 21.7 Å². The molecule has 8 nitrogen and oxygen atoms in total. The summed E-state index contributed by atoms with van der Waals surface area (Å²) in [5, 5.41) is 84.4. The van der Waals surface area contributed by atoms with Crippen LogP contribution in [0.4, 0.5) is 0 Å². The lowest BCUT2D eigenvalue weighted by molar-refractivity contribution is -0.115. The SMILES string of the molecule is OCC1(CO)Cc2cccc3c2-c2c(cccc2CC(CO)(CO)C(CO)(CO)C3)CC1(CO)CO.